The van der Waals surface area contributed by atoms with Crippen LogP contribution in [0.2, 0.25) is 0 Å². The Kier molecular flexibility index (Phi) is 5.38. The fourth-order valence-corrected chi connectivity index (χ4v) is 3.57. The highest BCUT2D eigenvalue weighted by Gasteiger charge is 2.49. The molecule has 0 bridgehead atoms. The summed E-state index contributed by atoms with van der Waals surface area (Å²) in [4.78, 5) is 49.0. The Balaban J connectivity index is 1.82. The highest BCUT2D eigenvalue weighted by molar-refractivity contribution is 9.10. The van der Waals surface area contributed by atoms with Crippen LogP contribution in [-0.4, -0.2) is 41.2 Å². The molecule has 10 heteroatoms. The number of Topliss-reactive ketones (excluding diaryl/α,β-unsaturated/α-hetero) is 1. The number of urea groups is 1. The van der Waals surface area contributed by atoms with Crippen LogP contribution in [0.3, 0.4) is 0 Å². The van der Waals surface area contributed by atoms with E-state index in [4.69, 9.17) is 4.74 Å². The second kappa shape index (κ2) is 7.63. The zero-order chi connectivity index (χ0) is 21.3. The number of nitrogens with zero attached hydrogens (tertiary/aromatic N) is 2. The summed E-state index contributed by atoms with van der Waals surface area (Å²) in [5.41, 5.74) is -0.871. The highest BCUT2D eigenvalue weighted by Crippen LogP contribution is 2.31. The van der Waals surface area contributed by atoms with Gasteiger partial charge in [0.15, 0.2) is 5.78 Å². The minimum Gasteiger partial charge on any atom is -0.496 e. The van der Waals surface area contributed by atoms with Gasteiger partial charge in [0, 0.05) is 17.7 Å². The van der Waals surface area contributed by atoms with Crippen molar-refractivity contribution >= 4 is 39.3 Å². The van der Waals surface area contributed by atoms with Crippen LogP contribution in [0.15, 0.2) is 46.9 Å². The van der Waals surface area contributed by atoms with Crippen molar-refractivity contribution in [1.82, 2.24) is 10.2 Å². The second-order valence-electron chi connectivity index (χ2n) is 6.52. The fraction of sp³-hybridized carbons (Fsp3) is 0.211. The summed E-state index contributed by atoms with van der Waals surface area (Å²) < 4.78 is 5.69. The van der Waals surface area contributed by atoms with Crippen molar-refractivity contribution in [2.45, 2.75) is 12.5 Å². The average molecular weight is 462 g/mol. The second-order valence-corrected chi connectivity index (χ2v) is 7.38. The SMILES string of the molecule is COc1ccc(C(=O)CN2C(=O)NC(C)(c3ccc([N+](=O)[O-])cc3)C2=O)cc1Br. The molecule has 1 heterocycles. The van der Waals surface area contributed by atoms with E-state index in [0.717, 1.165) is 4.90 Å². The first-order valence-electron chi connectivity index (χ1n) is 8.43. The standard InChI is InChI=1S/C19H16BrN3O6/c1-19(12-4-6-13(7-5-12)23(27)28)17(25)22(18(26)21-19)10-15(24)11-3-8-16(29-2)14(20)9-11/h3-9H,10H2,1-2H3,(H,21,26). The van der Waals surface area contributed by atoms with Crippen molar-refractivity contribution in [3.8, 4) is 5.75 Å². The third-order valence-corrected chi connectivity index (χ3v) is 5.33. The molecule has 29 heavy (non-hydrogen) atoms. The van der Waals surface area contributed by atoms with Crippen LogP contribution in [0, 0.1) is 10.1 Å². The molecule has 3 rings (SSSR count). The van der Waals surface area contributed by atoms with E-state index in [1.165, 1.54) is 38.3 Å². The number of carbonyl (C=O) groups excluding carboxylic acids is 3. The Morgan fingerprint density at radius 2 is 1.90 bits per heavy atom. The van der Waals surface area contributed by atoms with Gasteiger partial charge in [0.05, 0.1) is 23.1 Å². The highest BCUT2D eigenvalue weighted by atomic mass is 79.9. The summed E-state index contributed by atoms with van der Waals surface area (Å²) in [6.45, 7) is 1.05. The Morgan fingerprint density at radius 3 is 2.45 bits per heavy atom. The molecule has 2 aromatic rings. The van der Waals surface area contributed by atoms with Gasteiger partial charge in [-0.25, -0.2) is 4.79 Å². The van der Waals surface area contributed by atoms with E-state index >= 15 is 0 Å². The lowest BCUT2D eigenvalue weighted by molar-refractivity contribution is -0.384. The summed E-state index contributed by atoms with van der Waals surface area (Å²) in [7, 11) is 1.49. The molecule has 0 aromatic heterocycles. The molecule has 0 spiro atoms. The van der Waals surface area contributed by atoms with Crippen molar-refractivity contribution in [2.24, 2.45) is 0 Å². The molecule has 0 saturated carbocycles. The number of ketones is 1. The Morgan fingerprint density at radius 1 is 1.24 bits per heavy atom. The first kappa shape index (κ1) is 20.5. The maximum atomic E-state index is 12.9. The lowest BCUT2D eigenvalue weighted by atomic mass is 9.92. The van der Waals surface area contributed by atoms with Gasteiger partial charge in [-0.3, -0.25) is 24.6 Å². The predicted molar refractivity (Wildman–Crippen MR) is 106 cm³/mol. The molecule has 150 valence electrons. The average Bonchev–Trinajstić information content (AvgIpc) is 2.91. The molecule has 1 unspecified atom stereocenters. The van der Waals surface area contributed by atoms with Gasteiger partial charge in [-0.1, -0.05) is 0 Å². The number of non-ortho nitro benzene ring substituents is 1. The summed E-state index contributed by atoms with van der Waals surface area (Å²) >= 11 is 3.29. The smallest absolute Gasteiger partial charge is 0.325 e. The molecule has 0 aliphatic carbocycles. The van der Waals surface area contributed by atoms with Gasteiger partial charge in [0.2, 0.25) is 0 Å². The lowest BCUT2D eigenvalue weighted by Crippen LogP contribution is -2.41. The first-order valence-corrected chi connectivity index (χ1v) is 9.22. The zero-order valence-electron chi connectivity index (χ0n) is 15.5. The molecular formula is C19H16BrN3O6. The van der Waals surface area contributed by atoms with Crippen LogP contribution in [0.1, 0.15) is 22.8 Å². The van der Waals surface area contributed by atoms with Gasteiger partial charge in [-0.2, -0.15) is 0 Å². The summed E-state index contributed by atoms with van der Waals surface area (Å²) in [6.07, 6.45) is 0. The van der Waals surface area contributed by atoms with E-state index in [0.29, 0.717) is 21.3 Å². The van der Waals surface area contributed by atoms with Crippen LogP contribution < -0.4 is 10.1 Å². The number of halogens is 1. The number of rotatable bonds is 6. The molecule has 1 atom stereocenters. The van der Waals surface area contributed by atoms with Crippen LogP contribution in [0.5, 0.6) is 5.75 Å². The molecule has 3 amide bonds. The molecular weight excluding hydrogens is 446 g/mol. The van der Waals surface area contributed by atoms with Crippen molar-refractivity contribution in [1.29, 1.82) is 0 Å². The molecule has 1 saturated heterocycles. The maximum Gasteiger partial charge on any atom is 0.325 e. The number of hydrogen-bond donors (Lipinski definition) is 1. The van der Waals surface area contributed by atoms with E-state index in [2.05, 4.69) is 21.2 Å². The topological polar surface area (TPSA) is 119 Å². The maximum absolute atomic E-state index is 12.9. The fourth-order valence-electron chi connectivity index (χ4n) is 3.03. The number of amides is 3. The third kappa shape index (κ3) is 3.70. The number of methoxy groups -OCH3 is 1. The molecule has 1 aliphatic rings. The van der Waals surface area contributed by atoms with Gasteiger partial charge < -0.3 is 10.1 Å². The first-order chi connectivity index (χ1) is 13.7. The van der Waals surface area contributed by atoms with E-state index in [1.807, 2.05) is 0 Å². The number of carbonyl (C=O) groups is 3. The number of nitro benzene ring substituents is 1. The van der Waals surface area contributed by atoms with Gasteiger partial charge in [-0.15, -0.1) is 0 Å². The van der Waals surface area contributed by atoms with Crippen LogP contribution in [0.4, 0.5) is 10.5 Å². The van der Waals surface area contributed by atoms with Gasteiger partial charge in [-0.05, 0) is 58.7 Å². The predicted octanol–water partition coefficient (Wildman–Crippen LogP) is 3.02. The Hall–Kier alpha value is -3.27. The van der Waals surface area contributed by atoms with E-state index in [1.54, 1.807) is 18.2 Å². The van der Waals surface area contributed by atoms with Crippen molar-refractivity contribution < 1.29 is 24.0 Å². The molecule has 0 radical (unpaired) electrons. The minimum atomic E-state index is -1.42. The van der Waals surface area contributed by atoms with Crippen LogP contribution >= 0.6 is 15.9 Å². The Bertz CT molecular complexity index is 1020. The zero-order valence-corrected chi connectivity index (χ0v) is 17.1. The molecule has 1 fully saturated rings. The number of hydrogen-bond acceptors (Lipinski definition) is 6. The molecule has 1 aliphatic heterocycles. The number of nitro groups is 1. The van der Waals surface area contributed by atoms with E-state index in [9.17, 15) is 24.5 Å². The van der Waals surface area contributed by atoms with Gasteiger partial charge >= 0.3 is 6.03 Å². The van der Waals surface area contributed by atoms with Crippen molar-refractivity contribution in [3.05, 3.63) is 68.2 Å². The van der Waals surface area contributed by atoms with Crippen LogP contribution in [0.25, 0.3) is 0 Å². The molecule has 1 N–H and O–H groups in total. The van der Waals surface area contributed by atoms with Gasteiger partial charge in [0.1, 0.15) is 11.3 Å². The monoisotopic (exact) mass is 461 g/mol. The minimum absolute atomic E-state index is 0.133. The van der Waals surface area contributed by atoms with Gasteiger partial charge in [0.25, 0.3) is 11.6 Å². The summed E-state index contributed by atoms with van der Waals surface area (Å²) in [5.74, 6) is -0.496. The van der Waals surface area contributed by atoms with E-state index in [-0.39, 0.29) is 5.69 Å². The number of imide groups is 1. The third-order valence-electron chi connectivity index (χ3n) is 4.71. The molecule has 2 aromatic carbocycles. The Labute approximate surface area is 173 Å². The van der Waals surface area contributed by atoms with Crippen molar-refractivity contribution in [2.75, 3.05) is 13.7 Å². The number of benzene rings is 2. The largest absolute Gasteiger partial charge is 0.496 e. The lowest BCUT2D eigenvalue weighted by Gasteiger charge is -2.22. The number of nitrogens with one attached hydrogen (secondary N) is 1. The quantitative estimate of drug-likeness (QED) is 0.305. The van der Waals surface area contributed by atoms with Crippen molar-refractivity contribution in [3.63, 3.8) is 0 Å². The van der Waals surface area contributed by atoms with E-state index < -0.39 is 34.7 Å². The molecule has 9 nitrogen and oxygen atoms in total. The number of ether oxygens (including phenoxy) is 1. The van der Waals surface area contributed by atoms with Crippen LogP contribution in [-0.2, 0) is 10.3 Å². The summed E-state index contributed by atoms with van der Waals surface area (Å²) in [6, 6.07) is 9.30. The summed E-state index contributed by atoms with van der Waals surface area (Å²) in [5, 5.41) is 13.4. The normalized spacial score (nSPS) is 18.5.